The highest BCUT2D eigenvalue weighted by molar-refractivity contribution is 5.15. The molecule has 0 aromatic heterocycles. The van der Waals surface area contributed by atoms with Gasteiger partial charge in [-0.25, -0.2) is 0 Å². The first kappa shape index (κ1) is 10.6. The molecule has 0 amide bonds. The third-order valence-corrected chi connectivity index (χ3v) is 3.04. The maximum absolute atomic E-state index is 9.64. The van der Waals surface area contributed by atoms with E-state index in [4.69, 9.17) is 0 Å². The van der Waals surface area contributed by atoms with Crippen molar-refractivity contribution in [2.75, 3.05) is 13.2 Å². The van der Waals surface area contributed by atoms with E-state index in [-0.39, 0.29) is 18.8 Å². The summed E-state index contributed by atoms with van der Waals surface area (Å²) in [6.45, 7) is 1.71. The predicted octanol–water partition coefficient (Wildman–Crippen LogP) is 0.614. The molecule has 1 saturated heterocycles. The standard InChI is InChI=1S/C12H17NO2/c14-9-11-12(15)6-7-13(11)8-10-4-2-1-3-5-10/h1-5,11-12,14-15H,6-9H2/t11?,12-/m1/s1. The van der Waals surface area contributed by atoms with Crippen LogP contribution in [0.3, 0.4) is 0 Å². The summed E-state index contributed by atoms with van der Waals surface area (Å²) < 4.78 is 0. The van der Waals surface area contributed by atoms with Crippen LogP contribution in [-0.4, -0.2) is 40.4 Å². The molecular formula is C12H17NO2. The van der Waals surface area contributed by atoms with E-state index < -0.39 is 0 Å². The van der Waals surface area contributed by atoms with Crippen molar-refractivity contribution in [3.8, 4) is 0 Å². The molecule has 1 aliphatic heterocycles. The first-order chi connectivity index (χ1) is 7.31. The van der Waals surface area contributed by atoms with Gasteiger partial charge in [0.05, 0.1) is 18.8 Å². The van der Waals surface area contributed by atoms with Crippen molar-refractivity contribution >= 4 is 0 Å². The predicted molar refractivity (Wildman–Crippen MR) is 58.3 cm³/mol. The molecule has 0 radical (unpaired) electrons. The first-order valence-corrected chi connectivity index (χ1v) is 5.38. The smallest absolute Gasteiger partial charge is 0.0730 e. The van der Waals surface area contributed by atoms with Crippen LogP contribution in [0.4, 0.5) is 0 Å². The number of hydrogen-bond acceptors (Lipinski definition) is 3. The molecule has 0 bridgehead atoms. The van der Waals surface area contributed by atoms with E-state index in [1.54, 1.807) is 0 Å². The lowest BCUT2D eigenvalue weighted by Crippen LogP contribution is -2.37. The van der Waals surface area contributed by atoms with Crippen LogP contribution < -0.4 is 0 Å². The molecule has 2 rings (SSSR count). The highest BCUT2D eigenvalue weighted by Gasteiger charge is 2.31. The van der Waals surface area contributed by atoms with E-state index in [1.165, 1.54) is 5.56 Å². The molecule has 82 valence electrons. The van der Waals surface area contributed by atoms with E-state index >= 15 is 0 Å². The van der Waals surface area contributed by atoms with Crippen LogP contribution >= 0.6 is 0 Å². The van der Waals surface area contributed by atoms with E-state index in [9.17, 15) is 10.2 Å². The van der Waals surface area contributed by atoms with Gasteiger partial charge in [-0.05, 0) is 12.0 Å². The number of nitrogens with zero attached hydrogens (tertiary/aromatic N) is 1. The Morgan fingerprint density at radius 1 is 1.27 bits per heavy atom. The first-order valence-electron chi connectivity index (χ1n) is 5.38. The molecule has 1 aromatic rings. The van der Waals surface area contributed by atoms with E-state index in [0.29, 0.717) is 0 Å². The Bertz CT molecular complexity index is 302. The van der Waals surface area contributed by atoms with Crippen LogP contribution in [0, 0.1) is 0 Å². The van der Waals surface area contributed by atoms with Gasteiger partial charge in [0, 0.05) is 13.1 Å². The highest BCUT2D eigenvalue weighted by atomic mass is 16.3. The van der Waals surface area contributed by atoms with Gasteiger partial charge in [-0.1, -0.05) is 30.3 Å². The fraction of sp³-hybridized carbons (Fsp3) is 0.500. The zero-order valence-corrected chi connectivity index (χ0v) is 8.71. The van der Waals surface area contributed by atoms with Crippen LogP contribution in [0.5, 0.6) is 0 Å². The average Bonchev–Trinajstić information content (AvgIpc) is 2.61. The summed E-state index contributed by atoms with van der Waals surface area (Å²) in [5, 5.41) is 18.8. The highest BCUT2D eigenvalue weighted by Crippen LogP contribution is 2.20. The van der Waals surface area contributed by atoms with Crippen LogP contribution in [0.25, 0.3) is 0 Å². The Kier molecular flexibility index (Phi) is 3.36. The van der Waals surface area contributed by atoms with Crippen molar-refractivity contribution in [3.63, 3.8) is 0 Å². The Balaban J connectivity index is 2.00. The normalized spacial score (nSPS) is 27.1. The zero-order chi connectivity index (χ0) is 10.7. The summed E-state index contributed by atoms with van der Waals surface area (Å²) in [5.74, 6) is 0. The number of aliphatic hydroxyl groups excluding tert-OH is 2. The van der Waals surface area contributed by atoms with Gasteiger partial charge in [0.1, 0.15) is 0 Å². The van der Waals surface area contributed by atoms with Gasteiger partial charge in [-0.3, -0.25) is 4.90 Å². The topological polar surface area (TPSA) is 43.7 Å². The number of aliphatic hydroxyl groups is 2. The van der Waals surface area contributed by atoms with Gasteiger partial charge in [0.15, 0.2) is 0 Å². The summed E-state index contributed by atoms with van der Waals surface area (Å²) >= 11 is 0. The minimum atomic E-state index is -0.376. The summed E-state index contributed by atoms with van der Waals surface area (Å²) in [4.78, 5) is 2.14. The van der Waals surface area contributed by atoms with E-state index in [1.807, 2.05) is 18.2 Å². The lowest BCUT2D eigenvalue weighted by Gasteiger charge is -2.24. The van der Waals surface area contributed by atoms with Crippen molar-refractivity contribution in [2.45, 2.75) is 25.1 Å². The average molecular weight is 207 g/mol. The van der Waals surface area contributed by atoms with E-state index in [0.717, 1.165) is 19.5 Å². The maximum Gasteiger partial charge on any atom is 0.0730 e. The molecule has 2 atom stereocenters. The number of rotatable bonds is 3. The Hall–Kier alpha value is -0.900. The second-order valence-electron chi connectivity index (χ2n) is 4.06. The molecule has 0 spiro atoms. The fourth-order valence-corrected chi connectivity index (χ4v) is 2.15. The lowest BCUT2D eigenvalue weighted by molar-refractivity contribution is 0.0683. The summed E-state index contributed by atoms with van der Waals surface area (Å²) in [5.41, 5.74) is 1.23. The van der Waals surface area contributed by atoms with Gasteiger partial charge in [0.25, 0.3) is 0 Å². The second-order valence-corrected chi connectivity index (χ2v) is 4.06. The number of hydrogen-bond donors (Lipinski definition) is 2. The van der Waals surface area contributed by atoms with Crippen molar-refractivity contribution in [2.24, 2.45) is 0 Å². The van der Waals surface area contributed by atoms with Crippen molar-refractivity contribution in [3.05, 3.63) is 35.9 Å². The second kappa shape index (κ2) is 4.75. The summed E-state index contributed by atoms with van der Waals surface area (Å²) in [6, 6.07) is 10.1. The molecule has 0 saturated carbocycles. The lowest BCUT2D eigenvalue weighted by atomic mass is 10.1. The number of benzene rings is 1. The van der Waals surface area contributed by atoms with Crippen LogP contribution in [0.2, 0.25) is 0 Å². The molecule has 1 unspecified atom stereocenters. The molecule has 1 aliphatic rings. The van der Waals surface area contributed by atoms with Crippen LogP contribution in [-0.2, 0) is 6.54 Å². The van der Waals surface area contributed by atoms with Crippen molar-refractivity contribution in [1.29, 1.82) is 0 Å². The molecule has 1 aromatic carbocycles. The maximum atomic E-state index is 9.64. The Labute approximate surface area is 90.0 Å². The molecule has 2 N–H and O–H groups in total. The largest absolute Gasteiger partial charge is 0.395 e. The van der Waals surface area contributed by atoms with Gasteiger partial charge in [-0.15, -0.1) is 0 Å². The minimum absolute atomic E-state index is 0.0357. The monoisotopic (exact) mass is 207 g/mol. The third-order valence-electron chi connectivity index (χ3n) is 3.04. The molecular weight excluding hydrogens is 190 g/mol. The molecule has 3 nitrogen and oxygen atoms in total. The van der Waals surface area contributed by atoms with Gasteiger partial charge < -0.3 is 10.2 Å². The molecule has 0 aliphatic carbocycles. The number of likely N-dealkylation sites (tertiary alicyclic amines) is 1. The third kappa shape index (κ3) is 2.37. The van der Waals surface area contributed by atoms with E-state index in [2.05, 4.69) is 17.0 Å². The molecule has 15 heavy (non-hydrogen) atoms. The summed E-state index contributed by atoms with van der Waals surface area (Å²) in [6.07, 6.45) is 0.386. The molecule has 3 heteroatoms. The van der Waals surface area contributed by atoms with Gasteiger partial charge >= 0.3 is 0 Å². The zero-order valence-electron chi connectivity index (χ0n) is 8.71. The van der Waals surface area contributed by atoms with Crippen molar-refractivity contribution in [1.82, 2.24) is 4.90 Å². The Morgan fingerprint density at radius 2 is 2.00 bits per heavy atom. The molecule has 1 heterocycles. The SMILES string of the molecule is OCC1[C@H](O)CCN1Cc1ccccc1. The Morgan fingerprint density at radius 3 is 2.67 bits per heavy atom. The fourth-order valence-electron chi connectivity index (χ4n) is 2.15. The van der Waals surface area contributed by atoms with Crippen molar-refractivity contribution < 1.29 is 10.2 Å². The van der Waals surface area contributed by atoms with Crippen LogP contribution in [0.1, 0.15) is 12.0 Å². The van der Waals surface area contributed by atoms with Gasteiger partial charge in [-0.2, -0.15) is 0 Å². The summed E-state index contributed by atoms with van der Waals surface area (Å²) in [7, 11) is 0. The molecule has 1 fully saturated rings. The quantitative estimate of drug-likeness (QED) is 0.763. The van der Waals surface area contributed by atoms with Gasteiger partial charge in [0.2, 0.25) is 0 Å². The van der Waals surface area contributed by atoms with Crippen LogP contribution in [0.15, 0.2) is 30.3 Å². The minimum Gasteiger partial charge on any atom is -0.395 e.